The highest BCUT2D eigenvalue weighted by atomic mass is 19.4. The van der Waals surface area contributed by atoms with Crippen LogP contribution in [0, 0.1) is 19.7 Å². The van der Waals surface area contributed by atoms with Crippen LogP contribution in [0.3, 0.4) is 0 Å². The van der Waals surface area contributed by atoms with Crippen molar-refractivity contribution in [3.63, 3.8) is 0 Å². The Morgan fingerprint density at radius 2 is 1.82 bits per heavy atom. The molecule has 3 aromatic heterocycles. The number of alkyl halides is 3. The Hall–Kier alpha value is -3.29. The number of β-amino-alcohol motifs (C(OH)–C–C–N with tert-alkyl or cyclic N) is 1. The second kappa shape index (κ2) is 9.85. The van der Waals surface area contributed by atoms with Crippen LogP contribution < -0.4 is 20.7 Å². The number of halogens is 4. The molecule has 3 aromatic rings. The van der Waals surface area contributed by atoms with Crippen LogP contribution in [-0.4, -0.2) is 81.0 Å². The lowest BCUT2D eigenvalue weighted by atomic mass is 9.89. The average Bonchev–Trinajstić information content (AvgIpc) is 3.20. The Balaban J connectivity index is 1.48. The van der Waals surface area contributed by atoms with E-state index < -0.39 is 40.5 Å². The molecule has 7 rings (SSSR count). The molecule has 0 aromatic carbocycles. The molecule has 4 atom stereocenters. The Morgan fingerprint density at radius 1 is 1.09 bits per heavy atom. The van der Waals surface area contributed by atoms with E-state index in [4.69, 9.17) is 15.5 Å². The van der Waals surface area contributed by atoms with Crippen LogP contribution in [0.2, 0.25) is 0 Å². The maximum absolute atomic E-state index is 17.0. The fraction of sp³-hybridized carbons (Fsp3) is 0.581. The maximum Gasteiger partial charge on any atom is 0.418 e. The van der Waals surface area contributed by atoms with Gasteiger partial charge in [-0.25, -0.2) is 19.3 Å². The van der Waals surface area contributed by atoms with E-state index >= 15 is 4.39 Å². The number of likely N-dealkylation sites (tertiary alicyclic amines) is 1. The minimum Gasteiger partial charge on any atom is -0.472 e. The summed E-state index contributed by atoms with van der Waals surface area (Å²) in [5.74, 6) is -0.460. The van der Waals surface area contributed by atoms with Gasteiger partial charge in [0.1, 0.15) is 23.4 Å². The van der Waals surface area contributed by atoms with Crippen molar-refractivity contribution in [3.8, 4) is 17.1 Å². The van der Waals surface area contributed by atoms with Crippen molar-refractivity contribution in [1.29, 1.82) is 0 Å². The first-order chi connectivity index (χ1) is 20.6. The molecule has 44 heavy (non-hydrogen) atoms. The van der Waals surface area contributed by atoms with E-state index in [0.29, 0.717) is 48.6 Å². The molecule has 4 N–H and O–H groups in total. The number of nitrogens with zero attached hydrogens (tertiary/aromatic N) is 5. The molecule has 0 saturated carbocycles. The molecule has 3 saturated heterocycles. The fourth-order valence-corrected chi connectivity index (χ4v) is 7.91. The number of piperazine rings is 1. The van der Waals surface area contributed by atoms with E-state index in [9.17, 15) is 18.3 Å². The molecule has 0 amide bonds. The van der Waals surface area contributed by atoms with E-state index in [1.54, 1.807) is 20.8 Å². The van der Waals surface area contributed by atoms with Crippen molar-refractivity contribution in [2.45, 2.75) is 89.4 Å². The summed E-state index contributed by atoms with van der Waals surface area (Å²) in [6, 6.07) is 1.27. The van der Waals surface area contributed by atoms with Gasteiger partial charge in [-0.1, -0.05) is 0 Å². The smallest absolute Gasteiger partial charge is 0.418 e. The Kier molecular flexibility index (Phi) is 6.59. The molecule has 0 aliphatic carbocycles. The number of aryl methyl sites for hydroxylation is 2. The monoisotopic (exact) mass is 615 g/mol. The van der Waals surface area contributed by atoms with Crippen LogP contribution >= 0.6 is 0 Å². The first-order valence-electron chi connectivity index (χ1n) is 15.1. The predicted molar refractivity (Wildman–Crippen MR) is 158 cm³/mol. The summed E-state index contributed by atoms with van der Waals surface area (Å²) in [5, 5.41) is 14.5. The van der Waals surface area contributed by atoms with Gasteiger partial charge in [0, 0.05) is 55.1 Å². The quantitative estimate of drug-likeness (QED) is 0.370. The number of hydrogen-bond donors (Lipinski definition) is 3. The second-order valence-electron chi connectivity index (χ2n) is 13.5. The Morgan fingerprint density at radius 3 is 2.50 bits per heavy atom. The van der Waals surface area contributed by atoms with Gasteiger partial charge >= 0.3 is 6.18 Å². The van der Waals surface area contributed by atoms with Crippen molar-refractivity contribution in [3.05, 3.63) is 34.4 Å². The zero-order chi connectivity index (χ0) is 31.5. The number of pyridine rings is 3. The minimum absolute atomic E-state index is 0.0401. The molecule has 0 spiro atoms. The van der Waals surface area contributed by atoms with Gasteiger partial charge in [-0.15, -0.1) is 0 Å². The third kappa shape index (κ3) is 4.66. The van der Waals surface area contributed by atoms with Gasteiger partial charge in [0.15, 0.2) is 5.82 Å². The van der Waals surface area contributed by atoms with Crippen molar-refractivity contribution in [1.82, 2.24) is 25.2 Å². The maximum atomic E-state index is 17.0. The lowest BCUT2D eigenvalue weighted by Gasteiger charge is -2.44. The third-order valence-corrected chi connectivity index (χ3v) is 9.54. The molecule has 9 nitrogen and oxygen atoms in total. The van der Waals surface area contributed by atoms with E-state index in [1.165, 1.54) is 6.92 Å². The van der Waals surface area contributed by atoms with Crippen LogP contribution in [0.25, 0.3) is 22.0 Å². The number of aromatic nitrogens is 3. The van der Waals surface area contributed by atoms with Crippen LogP contribution in [-0.2, 0) is 6.18 Å². The van der Waals surface area contributed by atoms with E-state index in [-0.39, 0.29) is 46.8 Å². The van der Waals surface area contributed by atoms with Gasteiger partial charge in [0.2, 0.25) is 5.88 Å². The van der Waals surface area contributed by atoms with Gasteiger partial charge in [-0.05, 0) is 59.1 Å². The molecule has 4 aliphatic rings. The van der Waals surface area contributed by atoms with E-state index in [0.717, 1.165) is 18.9 Å². The SMILES string of the molecule is Cc1nc(N)cc(-c2nc3c4c(nc(C5CN(CC(C)(C)O)C5)c(C)c4c2F)N2C[C@H]4CC[C@H](N4)[C@H]2[C@H](C)O3)c1C(F)(F)F. The molecule has 13 heteroatoms. The lowest BCUT2D eigenvalue weighted by Crippen LogP contribution is -2.62. The summed E-state index contributed by atoms with van der Waals surface area (Å²) < 4.78 is 66.6. The molecule has 0 unspecified atom stereocenters. The van der Waals surface area contributed by atoms with E-state index in [1.807, 2.05) is 6.92 Å². The number of ether oxygens (including phenoxy) is 1. The number of nitrogen functional groups attached to an aromatic ring is 1. The first kappa shape index (κ1) is 29.4. The van der Waals surface area contributed by atoms with Gasteiger partial charge < -0.3 is 25.8 Å². The van der Waals surface area contributed by atoms with Crippen molar-refractivity contribution in [2.24, 2.45) is 0 Å². The van der Waals surface area contributed by atoms with Crippen molar-refractivity contribution in [2.75, 3.05) is 36.8 Å². The molecule has 0 radical (unpaired) electrons. The van der Waals surface area contributed by atoms with E-state index in [2.05, 4.69) is 25.1 Å². The van der Waals surface area contributed by atoms with Crippen LogP contribution in [0.5, 0.6) is 5.88 Å². The molecule has 3 fully saturated rings. The van der Waals surface area contributed by atoms with Gasteiger partial charge in [-0.3, -0.25) is 4.90 Å². The molecule has 4 aliphatic heterocycles. The molecular weight excluding hydrogens is 578 g/mol. The standard InChI is InChI=1S/C31H37F4N7O2/c1-13-21-22-28(39-25(13)16-9-41(10-16)12-30(4,5)43)42-11-17-6-7-19(38-17)27(42)15(3)44-29(22)40-26(24(21)32)18-8-20(36)37-14(2)23(18)31(33,34)35/h8,15-17,19,27,38,43H,6-7,9-12H2,1-5H3,(H2,36,37)/t15-,17+,19-,27+/m0/s1. The van der Waals surface area contributed by atoms with Crippen molar-refractivity contribution >= 4 is 22.4 Å². The second-order valence-corrected chi connectivity index (χ2v) is 13.5. The summed E-state index contributed by atoms with van der Waals surface area (Å²) >= 11 is 0. The normalized spacial score (nSPS) is 25.5. The minimum atomic E-state index is -4.82. The lowest BCUT2D eigenvalue weighted by molar-refractivity contribution is -0.137. The van der Waals surface area contributed by atoms with Crippen LogP contribution in [0.4, 0.5) is 29.2 Å². The molecule has 2 bridgehead atoms. The highest BCUT2D eigenvalue weighted by Crippen LogP contribution is 2.48. The fourth-order valence-electron chi connectivity index (χ4n) is 7.91. The number of aliphatic hydroxyl groups is 1. The average molecular weight is 616 g/mol. The van der Waals surface area contributed by atoms with Crippen molar-refractivity contribution < 1.29 is 27.4 Å². The third-order valence-electron chi connectivity index (χ3n) is 9.54. The number of hydrogen-bond acceptors (Lipinski definition) is 9. The summed E-state index contributed by atoms with van der Waals surface area (Å²) in [6.45, 7) is 10.8. The highest BCUT2D eigenvalue weighted by Gasteiger charge is 2.48. The number of rotatable bonds is 4. The number of fused-ring (bicyclic) bond motifs is 5. The molecule has 7 heterocycles. The number of nitrogens with one attached hydrogen (secondary N) is 1. The highest BCUT2D eigenvalue weighted by molar-refractivity contribution is 6.02. The van der Waals surface area contributed by atoms with Gasteiger partial charge in [0.05, 0.1) is 34.0 Å². The molecule has 236 valence electrons. The zero-order valence-corrected chi connectivity index (χ0v) is 25.4. The summed E-state index contributed by atoms with van der Waals surface area (Å²) in [5.41, 5.74) is 3.88. The van der Waals surface area contributed by atoms with Crippen LogP contribution in [0.15, 0.2) is 6.07 Å². The first-order valence-corrected chi connectivity index (χ1v) is 15.1. The molecular formula is C31H37F4N7O2. The number of nitrogens with two attached hydrogens (primary N) is 1. The summed E-state index contributed by atoms with van der Waals surface area (Å²) in [6.07, 6.45) is -3.28. The largest absolute Gasteiger partial charge is 0.472 e. The summed E-state index contributed by atoms with van der Waals surface area (Å²) in [4.78, 5) is 17.8. The zero-order valence-electron chi connectivity index (χ0n) is 25.4. The Labute approximate surface area is 252 Å². The van der Waals surface area contributed by atoms with Crippen LogP contribution in [0.1, 0.15) is 62.0 Å². The number of anilines is 2. The summed E-state index contributed by atoms with van der Waals surface area (Å²) in [7, 11) is 0. The predicted octanol–water partition coefficient (Wildman–Crippen LogP) is 4.31. The van der Waals surface area contributed by atoms with Gasteiger partial charge in [-0.2, -0.15) is 13.2 Å². The topological polar surface area (TPSA) is 113 Å². The Bertz CT molecular complexity index is 1670. The van der Waals surface area contributed by atoms with Gasteiger partial charge in [0.25, 0.3) is 0 Å².